The Kier molecular flexibility index (Phi) is 4.61. The molecule has 2 aliphatic rings. The molecule has 124 valence electrons. The fourth-order valence-corrected chi connectivity index (χ4v) is 3.09. The van der Waals surface area contributed by atoms with Crippen LogP contribution >= 0.6 is 0 Å². The molecule has 6 heteroatoms. The fourth-order valence-electron chi connectivity index (χ4n) is 3.09. The first kappa shape index (κ1) is 15.9. The normalized spacial score (nSPS) is 20.1. The molecular weight excluding hydrogens is 292 g/mol. The maximum Gasteiger partial charge on any atom is 0.238 e. The van der Waals surface area contributed by atoms with Crippen LogP contribution < -0.4 is 5.32 Å². The number of carbonyl (C=O) groups excluding carboxylic acids is 2. The molecule has 1 aromatic rings. The molecule has 6 nitrogen and oxygen atoms in total. The van der Waals surface area contributed by atoms with Gasteiger partial charge in [0.15, 0.2) is 0 Å². The molecule has 0 radical (unpaired) electrons. The second-order valence-corrected chi connectivity index (χ2v) is 6.35. The van der Waals surface area contributed by atoms with Crippen LogP contribution in [0.4, 0.5) is 0 Å². The first-order chi connectivity index (χ1) is 11.2. The minimum absolute atomic E-state index is 0.0143. The Morgan fingerprint density at radius 1 is 1.17 bits per heavy atom. The average Bonchev–Trinajstić information content (AvgIpc) is 3.42. The third kappa shape index (κ3) is 3.37. The van der Waals surface area contributed by atoms with Crippen molar-refractivity contribution in [2.45, 2.75) is 26.3 Å². The van der Waals surface area contributed by atoms with Gasteiger partial charge in [0, 0.05) is 45.1 Å². The lowest BCUT2D eigenvalue weighted by molar-refractivity contribution is -0.145. The Hall–Kier alpha value is -1.95. The summed E-state index contributed by atoms with van der Waals surface area (Å²) in [6, 6.07) is 3.73. The van der Waals surface area contributed by atoms with Crippen LogP contribution in [0.1, 0.15) is 25.3 Å². The van der Waals surface area contributed by atoms with Crippen molar-refractivity contribution >= 4 is 11.8 Å². The van der Waals surface area contributed by atoms with Crippen LogP contribution in [0.3, 0.4) is 0 Å². The number of rotatable bonds is 5. The summed E-state index contributed by atoms with van der Waals surface area (Å²) in [5.74, 6) is -0.113. The van der Waals surface area contributed by atoms with E-state index in [-0.39, 0.29) is 11.8 Å². The lowest BCUT2D eigenvalue weighted by Crippen LogP contribution is -2.53. The Balaban J connectivity index is 1.56. The van der Waals surface area contributed by atoms with Crippen LogP contribution in [0.15, 0.2) is 24.5 Å². The summed E-state index contributed by atoms with van der Waals surface area (Å²) < 4.78 is 0. The van der Waals surface area contributed by atoms with Gasteiger partial charge in [-0.15, -0.1) is 0 Å². The van der Waals surface area contributed by atoms with E-state index in [9.17, 15) is 9.59 Å². The van der Waals surface area contributed by atoms with Gasteiger partial charge in [-0.1, -0.05) is 6.92 Å². The quantitative estimate of drug-likeness (QED) is 0.810. The van der Waals surface area contributed by atoms with Gasteiger partial charge in [-0.25, -0.2) is 0 Å². The van der Waals surface area contributed by atoms with Gasteiger partial charge in [0.1, 0.15) is 5.41 Å². The number of hydrogen-bond acceptors (Lipinski definition) is 4. The number of nitrogens with one attached hydrogen (secondary N) is 1. The highest BCUT2D eigenvalue weighted by molar-refractivity contribution is 6.07. The summed E-state index contributed by atoms with van der Waals surface area (Å²) in [5, 5.41) is 2.92. The molecule has 1 aliphatic heterocycles. The van der Waals surface area contributed by atoms with E-state index in [1.165, 1.54) is 0 Å². The van der Waals surface area contributed by atoms with Crippen molar-refractivity contribution in [3.63, 3.8) is 0 Å². The molecule has 1 aromatic heterocycles. The zero-order valence-corrected chi connectivity index (χ0v) is 13.6. The van der Waals surface area contributed by atoms with Gasteiger partial charge in [-0.3, -0.25) is 14.6 Å². The van der Waals surface area contributed by atoms with Gasteiger partial charge >= 0.3 is 0 Å². The van der Waals surface area contributed by atoms with E-state index in [1.54, 1.807) is 12.4 Å². The molecule has 1 saturated carbocycles. The Morgan fingerprint density at radius 3 is 2.39 bits per heavy atom. The minimum Gasteiger partial charge on any atom is -0.351 e. The van der Waals surface area contributed by atoms with Crippen molar-refractivity contribution in [1.82, 2.24) is 20.1 Å². The first-order valence-electron chi connectivity index (χ1n) is 8.34. The van der Waals surface area contributed by atoms with Crippen LogP contribution in [-0.2, 0) is 16.1 Å². The van der Waals surface area contributed by atoms with Gasteiger partial charge < -0.3 is 15.1 Å². The molecule has 0 aromatic carbocycles. The number of nitrogens with zero attached hydrogens (tertiary/aromatic N) is 3. The smallest absolute Gasteiger partial charge is 0.238 e. The number of aromatic nitrogens is 1. The molecule has 0 unspecified atom stereocenters. The monoisotopic (exact) mass is 316 g/mol. The standard InChI is InChI=1S/C17H24N4O2/c1-2-20-9-11-21(12-10-20)16(23)17(5-6-17)15(22)19-13-14-3-7-18-8-4-14/h3-4,7-8H,2,5-6,9-13H2,1H3,(H,19,22). The fraction of sp³-hybridized carbons (Fsp3) is 0.588. The number of pyridine rings is 1. The summed E-state index contributed by atoms with van der Waals surface area (Å²) in [7, 11) is 0. The molecule has 1 N–H and O–H groups in total. The Morgan fingerprint density at radius 2 is 1.83 bits per heavy atom. The predicted octanol–water partition coefficient (Wildman–Crippen LogP) is 0.642. The number of hydrogen-bond donors (Lipinski definition) is 1. The molecule has 2 fully saturated rings. The number of amides is 2. The highest BCUT2D eigenvalue weighted by Gasteiger charge is 2.58. The van der Waals surface area contributed by atoms with E-state index in [0.29, 0.717) is 19.4 Å². The van der Waals surface area contributed by atoms with Crippen LogP contribution in [0.5, 0.6) is 0 Å². The number of likely N-dealkylation sites (N-methyl/N-ethyl adjacent to an activating group) is 1. The molecule has 1 saturated heterocycles. The second kappa shape index (κ2) is 6.66. The van der Waals surface area contributed by atoms with E-state index in [1.807, 2.05) is 17.0 Å². The maximum atomic E-state index is 12.8. The largest absolute Gasteiger partial charge is 0.351 e. The molecule has 1 aliphatic carbocycles. The highest BCUT2D eigenvalue weighted by Crippen LogP contribution is 2.47. The number of carbonyl (C=O) groups is 2. The lowest BCUT2D eigenvalue weighted by atomic mass is 10.0. The van der Waals surface area contributed by atoms with Crippen molar-refractivity contribution in [3.8, 4) is 0 Å². The van der Waals surface area contributed by atoms with Crippen LogP contribution in [-0.4, -0.2) is 59.3 Å². The molecule has 3 rings (SSSR count). The molecule has 2 heterocycles. The van der Waals surface area contributed by atoms with Gasteiger partial charge in [0.2, 0.25) is 11.8 Å². The van der Waals surface area contributed by atoms with Gasteiger partial charge in [0.25, 0.3) is 0 Å². The van der Waals surface area contributed by atoms with E-state index in [2.05, 4.69) is 22.1 Å². The van der Waals surface area contributed by atoms with Gasteiger partial charge in [0.05, 0.1) is 0 Å². The van der Waals surface area contributed by atoms with Crippen molar-refractivity contribution in [1.29, 1.82) is 0 Å². The predicted molar refractivity (Wildman–Crippen MR) is 86.4 cm³/mol. The molecule has 23 heavy (non-hydrogen) atoms. The first-order valence-corrected chi connectivity index (χ1v) is 8.34. The SMILES string of the molecule is CCN1CCN(C(=O)C2(C(=O)NCc3ccncc3)CC2)CC1. The van der Waals surface area contributed by atoms with Gasteiger partial charge in [-0.05, 0) is 37.1 Å². The molecule has 0 spiro atoms. The van der Waals surface area contributed by atoms with Crippen LogP contribution in [0.25, 0.3) is 0 Å². The van der Waals surface area contributed by atoms with Crippen molar-refractivity contribution < 1.29 is 9.59 Å². The lowest BCUT2D eigenvalue weighted by Gasteiger charge is -2.35. The maximum absolute atomic E-state index is 12.8. The van der Waals surface area contributed by atoms with E-state index in [0.717, 1.165) is 38.3 Å². The zero-order chi connectivity index (χ0) is 16.3. The van der Waals surface area contributed by atoms with E-state index < -0.39 is 5.41 Å². The third-order valence-corrected chi connectivity index (χ3v) is 4.90. The van der Waals surface area contributed by atoms with Crippen LogP contribution in [0, 0.1) is 5.41 Å². The topological polar surface area (TPSA) is 65.5 Å². The summed E-state index contributed by atoms with van der Waals surface area (Å²) in [6.07, 6.45) is 4.74. The van der Waals surface area contributed by atoms with Crippen molar-refractivity contribution in [2.24, 2.45) is 5.41 Å². The minimum atomic E-state index is -0.804. The average molecular weight is 316 g/mol. The third-order valence-electron chi connectivity index (χ3n) is 4.90. The Labute approximate surface area is 136 Å². The summed E-state index contributed by atoms with van der Waals surface area (Å²) in [5.41, 5.74) is 0.190. The molecule has 0 bridgehead atoms. The zero-order valence-electron chi connectivity index (χ0n) is 13.6. The van der Waals surface area contributed by atoms with Crippen molar-refractivity contribution in [2.75, 3.05) is 32.7 Å². The van der Waals surface area contributed by atoms with E-state index in [4.69, 9.17) is 0 Å². The van der Waals surface area contributed by atoms with Crippen molar-refractivity contribution in [3.05, 3.63) is 30.1 Å². The van der Waals surface area contributed by atoms with Crippen LogP contribution in [0.2, 0.25) is 0 Å². The summed E-state index contributed by atoms with van der Waals surface area (Å²) >= 11 is 0. The molecule has 2 amide bonds. The summed E-state index contributed by atoms with van der Waals surface area (Å²) in [4.78, 5) is 33.4. The molecule has 0 atom stereocenters. The Bertz CT molecular complexity index is 563. The van der Waals surface area contributed by atoms with E-state index >= 15 is 0 Å². The second-order valence-electron chi connectivity index (χ2n) is 6.35. The number of piperazine rings is 1. The molecular formula is C17H24N4O2. The highest BCUT2D eigenvalue weighted by atomic mass is 16.2. The summed E-state index contributed by atoms with van der Waals surface area (Å²) in [6.45, 7) is 6.85. The van der Waals surface area contributed by atoms with Gasteiger partial charge in [-0.2, -0.15) is 0 Å².